The molecule has 0 aromatic heterocycles. The van der Waals surface area contributed by atoms with Crippen LogP contribution in [0.5, 0.6) is 0 Å². The van der Waals surface area contributed by atoms with Gasteiger partial charge in [0.2, 0.25) is 0 Å². The van der Waals surface area contributed by atoms with Crippen LogP contribution in [-0.4, -0.2) is 29.1 Å². The summed E-state index contributed by atoms with van der Waals surface area (Å²) in [5, 5.41) is 0. The van der Waals surface area contributed by atoms with Gasteiger partial charge in [-0.05, 0) is 29.5 Å². The number of hydrogen-bond acceptors (Lipinski definition) is 3. The molecule has 0 spiro atoms. The Hall–Kier alpha value is -1.91. The van der Waals surface area contributed by atoms with Crippen LogP contribution in [0.15, 0.2) is 54.6 Å². The highest BCUT2D eigenvalue weighted by Crippen LogP contribution is 2.14. The SMILES string of the molecule is CN(C)c1ccc(C=Cc2ccccc2)cc1.CS(=O)[O-]. The molecule has 1 unspecified atom stereocenters. The Bertz CT molecular complexity index is 573. The number of anilines is 1. The molecule has 0 amide bonds. The van der Waals surface area contributed by atoms with Crippen molar-refractivity contribution in [1.29, 1.82) is 0 Å². The summed E-state index contributed by atoms with van der Waals surface area (Å²) in [4.78, 5) is 2.10. The summed E-state index contributed by atoms with van der Waals surface area (Å²) in [5.74, 6) is 0. The van der Waals surface area contributed by atoms with Gasteiger partial charge in [0.05, 0.1) is 0 Å². The van der Waals surface area contributed by atoms with Crippen molar-refractivity contribution in [2.45, 2.75) is 0 Å². The number of rotatable bonds is 3. The molecule has 3 nitrogen and oxygen atoms in total. The summed E-state index contributed by atoms with van der Waals surface area (Å²) < 4.78 is 18.0. The third-order valence-corrected chi connectivity index (χ3v) is 2.68. The summed E-state index contributed by atoms with van der Waals surface area (Å²) in [5.41, 5.74) is 3.67. The molecule has 0 aliphatic rings. The molecule has 0 saturated carbocycles. The van der Waals surface area contributed by atoms with Crippen LogP contribution in [0.3, 0.4) is 0 Å². The maximum absolute atomic E-state index is 9.00. The van der Waals surface area contributed by atoms with Crippen molar-refractivity contribution in [3.8, 4) is 0 Å². The van der Waals surface area contributed by atoms with Gasteiger partial charge < -0.3 is 9.45 Å². The Morgan fingerprint density at radius 1 is 0.905 bits per heavy atom. The highest BCUT2D eigenvalue weighted by Gasteiger charge is 1.93. The molecule has 2 rings (SSSR count). The van der Waals surface area contributed by atoms with Crippen LogP contribution in [0.25, 0.3) is 12.2 Å². The number of hydrogen-bond donors (Lipinski definition) is 0. The van der Waals surface area contributed by atoms with Crippen LogP contribution >= 0.6 is 0 Å². The molecule has 2 aromatic rings. The van der Waals surface area contributed by atoms with Crippen molar-refractivity contribution >= 4 is 28.9 Å². The second-order valence-corrected chi connectivity index (χ2v) is 5.43. The van der Waals surface area contributed by atoms with Crippen LogP contribution < -0.4 is 4.90 Å². The first kappa shape index (κ1) is 17.1. The van der Waals surface area contributed by atoms with Crippen molar-refractivity contribution in [1.82, 2.24) is 0 Å². The minimum absolute atomic E-state index is 1.08. The highest BCUT2D eigenvalue weighted by molar-refractivity contribution is 7.78. The van der Waals surface area contributed by atoms with Crippen molar-refractivity contribution in [2.24, 2.45) is 0 Å². The Labute approximate surface area is 129 Å². The highest BCUT2D eigenvalue weighted by atomic mass is 32.2. The molecule has 0 saturated heterocycles. The topological polar surface area (TPSA) is 43.4 Å². The molecular formula is C17H20NO2S-. The summed E-state index contributed by atoms with van der Waals surface area (Å²) in [6.07, 6.45) is 5.35. The molecule has 1 atom stereocenters. The first-order valence-electron chi connectivity index (χ1n) is 6.50. The Balaban J connectivity index is 0.000000491. The van der Waals surface area contributed by atoms with Crippen molar-refractivity contribution in [3.63, 3.8) is 0 Å². The maximum Gasteiger partial charge on any atom is 0.0361 e. The fourth-order valence-corrected chi connectivity index (χ4v) is 1.64. The monoisotopic (exact) mass is 302 g/mol. The minimum Gasteiger partial charge on any atom is -0.773 e. The summed E-state index contributed by atoms with van der Waals surface area (Å²) in [7, 11) is 4.10. The van der Waals surface area contributed by atoms with E-state index in [0.29, 0.717) is 0 Å². The summed E-state index contributed by atoms with van der Waals surface area (Å²) in [6, 6.07) is 18.9. The fraction of sp³-hybridized carbons (Fsp3) is 0.176. The van der Waals surface area contributed by atoms with Crippen LogP contribution in [0.2, 0.25) is 0 Å². The molecule has 21 heavy (non-hydrogen) atoms. The molecule has 0 bridgehead atoms. The van der Waals surface area contributed by atoms with E-state index in [4.69, 9.17) is 8.76 Å². The molecule has 0 fully saturated rings. The molecule has 0 heterocycles. The molecule has 2 aromatic carbocycles. The lowest BCUT2D eigenvalue weighted by Gasteiger charge is -2.11. The largest absolute Gasteiger partial charge is 0.773 e. The molecule has 4 heteroatoms. The van der Waals surface area contributed by atoms with E-state index >= 15 is 0 Å². The molecule has 0 aliphatic carbocycles. The normalized spacial score (nSPS) is 11.6. The zero-order chi connectivity index (χ0) is 15.7. The van der Waals surface area contributed by atoms with Gasteiger partial charge in [0.15, 0.2) is 0 Å². The van der Waals surface area contributed by atoms with Crippen molar-refractivity contribution in [2.75, 3.05) is 25.3 Å². The average Bonchev–Trinajstić information content (AvgIpc) is 2.46. The Kier molecular flexibility index (Phi) is 7.43. The van der Waals surface area contributed by atoms with Crippen molar-refractivity contribution in [3.05, 3.63) is 65.7 Å². The van der Waals surface area contributed by atoms with E-state index in [2.05, 4.69) is 79.7 Å². The third-order valence-electron chi connectivity index (χ3n) is 2.68. The van der Waals surface area contributed by atoms with E-state index in [1.807, 2.05) is 6.07 Å². The van der Waals surface area contributed by atoms with Gasteiger partial charge in [0.25, 0.3) is 0 Å². The van der Waals surface area contributed by atoms with Gasteiger partial charge in [-0.3, -0.25) is 4.21 Å². The molecule has 0 radical (unpaired) electrons. The predicted octanol–water partition coefficient (Wildman–Crippen LogP) is 3.42. The van der Waals surface area contributed by atoms with E-state index in [9.17, 15) is 0 Å². The zero-order valence-corrected chi connectivity index (χ0v) is 13.3. The minimum atomic E-state index is -1.86. The quantitative estimate of drug-likeness (QED) is 0.644. The zero-order valence-electron chi connectivity index (χ0n) is 12.5. The Morgan fingerprint density at radius 2 is 1.33 bits per heavy atom. The second kappa shape index (κ2) is 9.10. The van der Waals surface area contributed by atoms with E-state index in [-0.39, 0.29) is 0 Å². The van der Waals surface area contributed by atoms with Crippen LogP contribution in [0.1, 0.15) is 11.1 Å². The lowest BCUT2D eigenvalue weighted by atomic mass is 10.1. The predicted molar refractivity (Wildman–Crippen MR) is 91.0 cm³/mol. The van der Waals surface area contributed by atoms with Crippen LogP contribution in [-0.2, 0) is 11.1 Å². The third kappa shape index (κ3) is 7.44. The summed E-state index contributed by atoms with van der Waals surface area (Å²) in [6.45, 7) is 0. The number of benzene rings is 2. The van der Waals surface area contributed by atoms with E-state index in [0.717, 1.165) is 6.26 Å². The van der Waals surface area contributed by atoms with E-state index in [1.54, 1.807) is 0 Å². The van der Waals surface area contributed by atoms with Crippen LogP contribution in [0, 0.1) is 0 Å². The molecular weight excluding hydrogens is 282 g/mol. The van der Waals surface area contributed by atoms with Gasteiger partial charge in [-0.2, -0.15) is 0 Å². The van der Waals surface area contributed by atoms with E-state index in [1.165, 1.54) is 16.8 Å². The van der Waals surface area contributed by atoms with Gasteiger partial charge in [-0.1, -0.05) is 65.7 Å². The second-order valence-electron chi connectivity index (χ2n) is 4.63. The van der Waals surface area contributed by atoms with Crippen molar-refractivity contribution < 1.29 is 8.76 Å². The maximum atomic E-state index is 9.00. The summed E-state index contributed by atoms with van der Waals surface area (Å²) >= 11 is -1.86. The lowest BCUT2D eigenvalue weighted by molar-refractivity contribution is 0.543. The standard InChI is InChI=1S/C16H17N.CH4O2S/c1-17(2)16-12-10-15(11-13-16)9-8-14-6-4-3-5-7-14;1-4(2)3/h3-13H,1-2H3;1H3,(H,2,3)/p-1. The van der Waals surface area contributed by atoms with Gasteiger partial charge in [0.1, 0.15) is 0 Å². The molecule has 0 aliphatic heterocycles. The smallest absolute Gasteiger partial charge is 0.0361 e. The van der Waals surface area contributed by atoms with E-state index < -0.39 is 11.1 Å². The fourth-order valence-electron chi connectivity index (χ4n) is 1.64. The average molecular weight is 302 g/mol. The van der Waals surface area contributed by atoms with Gasteiger partial charge in [0, 0.05) is 19.8 Å². The van der Waals surface area contributed by atoms with Gasteiger partial charge >= 0.3 is 0 Å². The van der Waals surface area contributed by atoms with Gasteiger partial charge in [-0.15, -0.1) is 0 Å². The molecule has 0 N–H and O–H groups in total. The molecule has 112 valence electrons. The first-order valence-corrected chi connectivity index (χ1v) is 7.99. The number of nitrogens with zero attached hydrogens (tertiary/aromatic N) is 1. The van der Waals surface area contributed by atoms with Gasteiger partial charge in [-0.25, -0.2) is 0 Å². The first-order chi connectivity index (χ1) is 9.99. The lowest BCUT2D eigenvalue weighted by Crippen LogP contribution is -2.07. The van der Waals surface area contributed by atoms with Crippen LogP contribution in [0.4, 0.5) is 5.69 Å². The Morgan fingerprint density at radius 3 is 1.76 bits per heavy atom.